The molecule has 0 unspecified atom stereocenters. The average Bonchev–Trinajstić information content (AvgIpc) is 2.38. The van der Waals surface area contributed by atoms with Crippen LogP contribution in [0.25, 0.3) is 0 Å². The minimum Gasteiger partial charge on any atom is -0.466 e. The van der Waals surface area contributed by atoms with Crippen LogP contribution in [0.3, 0.4) is 0 Å². The van der Waals surface area contributed by atoms with Gasteiger partial charge in [0.2, 0.25) is 5.91 Å². The molecule has 1 amide bonds. The van der Waals surface area contributed by atoms with Crippen molar-refractivity contribution in [2.75, 3.05) is 18.1 Å². The van der Waals surface area contributed by atoms with E-state index in [2.05, 4.69) is 15.9 Å². The van der Waals surface area contributed by atoms with Crippen molar-refractivity contribution in [1.29, 1.82) is 0 Å². The summed E-state index contributed by atoms with van der Waals surface area (Å²) in [6, 6.07) is 5.86. The van der Waals surface area contributed by atoms with Gasteiger partial charge in [0.1, 0.15) is 0 Å². The average molecular weight is 326 g/mol. The van der Waals surface area contributed by atoms with Gasteiger partial charge in [-0.2, -0.15) is 0 Å². The maximum Gasteiger partial charge on any atom is 0.307 e. The number of ether oxygens (including phenoxy) is 1. The molecule has 0 radical (unpaired) electrons. The van der Waals surface area contributed by atoms with E-state index in [0.717, 1.165) is 22.1 Å². The maximum atomic E-state index is 12.0. The normalized spacial score (nSPS) is 14.2. The SMILES string of the molecule is CCOC(=O)CCN1C(=O)CCc2cc(Br)ccc21. The highest BCUT2D eigenvalue weighted by Gasteiger charge is 2.24. The van der Waals surface area contributed by atoms with Gasteiger partial charge in [-0.1, -0.05) is 15.9 Å². The third-order valence-corrected chi connectivity index (χ3v) is 3.58. The van der Waals surface area contributed by atoms with Gasteiger partial charge >= 0.3 is 5.97 Å². The molecule has 0 spiro atoms. The van der Waals surface area contributed by atoms with Gasteiger partial charge in [0, 0.05) is 23.1 Å². The second kappa shape index (κ2) is 6.19. The molecule has 0 saturated carbocycles. The molecule has 0 fully saturated rings. The Hall–Kier alpha value is -1.36. The largest absolute Gasteiger partial charge is 0.466 e. The number of anilines is 1. The topological polar surface area (TPSA) is 46.6 Å². The smallest absolute Gasteiger partial charge is 0.307 e. The fraction of sp³-hybridized carbons (Fsp3) is 0.429. The first-order valence-electron chi connectivity index (χ1n) is 6.36. The zero-order valence-electron chi connectivity index (χ0n) is 10.8. The van der Waals surface area contributed by atoms with Crippen molar-refractivity contribution in [2.45, 2.75) is 26.2 Å². The van der Waals surface area contributed by atoms with Crippen molar-refractivity contribution in [1.82, 2.24) is 0 Å². The van der Waals surface area contributed by atoms with E-state index in [-0.39, 0.29) is 18.3 Å². The molecule has 19 heavy (non-hydrogen) atoms. The van der Waals surface area contributed by atoms with Crippen LogP contribution < -0.4 is 4.90 Å². The molecule has 1 aliphatic heterocycles. The molecule has 0 bridgehead atoms. The summed E-state index contributed by atoms with van der Waals surface area (Å²) in [5, 5.41) is 0. The standard InChI is InChI=1S/C14H16BrNO3/c1-2-19-14(18)7-8-16-12-5-4-11(15)9-10(12)3-6-13(16)17/h4-5,9H,2-3,6-8H2,1H3. The molecule has 0 saturated heterocycles. The number of amides is 1. The van der Waals surface area contributed by atoms with Crippen LogP contribution in [0.15, 0.2) is 22.7 Å². The number of hydrogen-bond donors (Lipinski definition) is 0. The Labute approximate surface area is 120 Å². The summed E-state index contributed by atoms with van der Waals surface area (Å²) in [7, 11) is 0. The van der Waals surface area contributed by atoms with Gasteiger partial charge in [0.25, 0.3) is 0 Å². The van der Waals surface area contributed by atoms with Crippen molar-refractivity contribution < 1.29 is 14.3 Å². The zero-order chi connectivity index (χ0) is 13.8. The molecule has 0 atom stereocenters. The molecule has 1 aromatic rings. The predicted octanol–water partition coefficient (Wildman–Crippen LogP) is 2.68. The highest BCUT2D eigenvalue weighted by atomic mass is 79.9. The molecule has 0 aromatic heterocycles. The first kappa shape index (κ1) is 14.1. The third-order valence-electron chi connectivity index (χ3n) is 3.09. The molecule has 5 heteroatoms. The maximum absolute atomic E-state index is 12.0. The number of fused-ring (bicyclic) bond motifs is 1. The Morgan fingerprint density at radius 3 is 2.95 bits per heavy atom. The Kier molecular flexibility index (Phi) is 4.58. The van der Waals surface area contributed by atoms with E-state index in [0.29, 0.717) is 19.6 Å². The lowest BCUT2D eigenvalue weighted by Crippen LogP contribution is -2.36. The summed E-state index contributed by atoms with van der Waals surface area (Å²) in [6.07, 6.45) is 1.48. The van der Waals surface area contributed by atoms with Crippen LogP contribution in [0.2, 0.25) is 0 Å². The minimum absolute atomic E-state index is 0.0686. The van der Waals surface area contributed by atoms with Gasteiger partial charge in [0.05, 0.1) is 13.0 Å². The van der Waals surface area contributed by atoms with Gasteiger partial charge in [-0.05, 0) is 37.1 Å². The van der Waals surface area contributed by atoms with E-state index >= 15 is 0 Å². The van der Waals surface area contributed by atoms with Crippen molar-refractivity contribution in [3.8, 4) is 0 Å². The van der Waals surface area contributed by atoms with Gasteiger partial charge in [0.15, 0.2) is 0 Å². The Balaban J connectivity index is 2.12. The fourth-order valence-electron chi connectivity index (χ4n) is 2.21. The van der Waals surface area contributed by atoms with Gasteiger partial charge in [-0.3, -0.25) is 9.59 Å². The van der Waals surface area contributed by atoms with E-state index in [1.54, 1.807) is 11.8 Å². The molecular weight excluding hydrogens is 310 g/mol. The van der Waals surface area contributed by atoms with Crippen LogP contribution in [0, 0.1) is 0 Å². The van der Waals surface area contributed by atoms with E-state index in [4.69, 9.17) is 4.74 Å². The molecule has 1 heterocycles. The Morgan fingerprint density at radius 2 is 2.21 bits per heavy atom. The predicted molar refractivity (Wildman–Crippen MR) is 76.1 cm³/mol. The monoisotopic (exact) mass is 325 g/mol. The first-order chi connectivity index (χ1) is 9.11. The highest BCUT2D eigenvalue weighted by molar-refractivity contribution is 9.10. The molecule has 0 N–H and O–H groups in total. The molecule has 102 valence electrons. The molecule has 2 rings (SSSR count). The van der Waals surface area contributed by atoms with E-state index in [9.17, 15) is 9.59 Å². The molecular formula is C14H16BrNO3. The van der Waals surface area contributed by atoms with Crippen LogP contribution in [-0.4, -0.2) is 25.0 Å². The summed E-state index contributed by atoms with van der Waals surface area (Å²) in [4.78, 5) is 25.0. The summed E-state index contributed by atoms with van der Waals surface area (Å²) in [6.45, 7) is 2.53. The number of benzene rings is 1. The van der Waals surface area contributed by atoms with Gasteiger partial charge < -0.3 is 9.64 Å². The molecule has 1 aliphatic rings. The number of halogens is 1. The van der Waals surface area contributed by atoms with Gasteiger partial charge in [-0.15, -0.1) is 0 Å². The summed E-state index contributed by atoms with van der Waals surface area (Å²) in [5.41, 5.74) is 2.04. The van der Waals surface area contributed by atoms with Crippen molar-refractivity contribution in [3.63, 3.8) is 0 Å². The van der Waals surface area contributed by atoms with Gasteiger partial charge in [-0.25, -0.2) is 0 Å². The summed E-state index contributed by atoms with van der Waals surface area (Å²) in [5.74, 6) is -0.196. The fourth-order valence-corrected chi connectivity index (χ4v) is 2.62. The van der Waals surface area contributed by atoms with E-state index < -0.39 is 0 Å². The van der Waals surface area contributed by atoms with Crippen LogP contribution in [-0.2, 0) is 20.7 Å². The number of esters is 1. The zero-order valence-corrected chi connectivity index (χ0v) is 12.4. The molecule has 4 nitrogen and oxygen atoms in total. The highest BCUT2D eigenvalue weighted by Crippen LogP contribution is 2.30. The lowest BCUT2D eigenvalue weighted by atomic mass is 10.0. The third kappa shape index (κ3) is 3.35. The number of carbonyl (C=O) groups is 2. The lowest BCUT2D eigenvalue weighted by Gasteiger charge is -2.29. The Bertz CT molecular complexity index is 501. The number of rotatable bonds is 4. The second-order valence-electron chi connectivity index (χ2n) is 4.37. The number of carbonyl (C=O) groups excluding carboxylic acids is 2. The summed E-state index contributed by atoms with van der Waals surface area (Å²) >= 11 is 3.43. The first-order valence-corrected chi connectivity index (χ1v) is 7.15. The van der Waals surface area contributed by atoms with Crippen LogP contribution in [0.5, 0.6) is 0 Å². The summed E-state index contributed by atoms with van der Waals surface area (Å²) < 4.78 is 5.90. The van der Waals surface area contributed by atoms with Crippen molar-refractivity contribution in [3.05, 3.63) is 28.2 Å². The molecule has 1 aromatic carbocycles. The Morgan fingerprint density at radius 1 is 1.42 bits per heavy atom. The second-order valence-corrected chi connectivity index (χ2v) is 5.29. The number of hydrogen-bond acceptors (Lipinski definition) is 3. The van der Waals surface area contributed by atoms with Crippen LogP contribution in [0.1, 0.15) is 25.3 Å². The molecule has 0 aliphatic carbocycles. The van der Waals surface area contributed by atoms with Crippen LogP contribution in [0.4, 0.5) is 5.69 Å². The quantitative estimate of drug-likeness (QED) is 0.799. The lowest BCUT2D eigenvalue weighted by molar-refractivity contribution is -0.142. The van der Waals surface area contributed by atoms with Crippen molar-refractivity contribution in [2.24, 2.45) is 0 Å². The van der Waals surface area contributed by atoms with E-state index in [1.807, 2.05) is 18.2 Å². The van der Waals surface area contributed by atoms with Crippen LogP contribution >= 0.6 is 15.9 Å². The van der Waals surface area contributed by atoms with E-state index in [1.165, 1.54) is 0 Å². The minimum atomic E-state index is -0.264. The number of nitrogens with zero attached hydrogens (tertiary/aromatic N) is 1. The van der Waals surface area contributed by atoms with Crippen molar-refractivity contribution >= 4 is 33.5 Å². The number of aryl methyl sites for hydroxylation is 1.